The highest BCUT2D eigenvalue weighted by molar-refractivity contribution is 6.18. The molecule has 2 aromatic rings. The van der Waals surface area contributed by atoms with Crippen LogP contribution in [-0.2, 0) is 14.3 Å². The summed E-state index contributed by atoms with van der Waals surface area (Å²) in [6.07, 6.45) is 0. The molecule has 6 heteroatoms. The Bertz CT molecular complexity index is 881. The Morgan fingerprint density at radius 3 is 2.19 bits per heavy atom. The number of para-hydroxylation sites is 1. The highest BCUT2D eigenvalue weighted by atomic mass is 16.6. The predicted molar refractivity (Wildman–Crippen MR) is 99.9 cm³/mol. The van der Waals surface area contributed by atoms with Gasteiger partial charge in [0.15, 0.2) is 0 Å². The fourth-order valence-electron chi connectivity index (χ4n) is 2.82. The Balaban J connectivity index is 2.01. The van der Waals surface area contributed by atoms with Crippen LogP contribution in [0, 0.1) is 5.41 Å². The Morgan fingerprint density at radius 1 is 1.00 bits per heavy atom. The number of hydrogen-bond acceptors (Lipinski definition) is 6. The molecule has 1 heterocycles. The van der Waals surface area contributed by atoms with E-state index in [9.17, 15) is 9.59 Å². The molecule has 3 rings (SSSR count). The van der Waals surface area contributed by atoms with Crippen molar-refractivity contribution in [3.8, 4) is 11.5 Å². The molecular weight excluding hydrogens is 346 g/mol. The third kappa shape index (κ3) is 3.30. The number of carbonyl (C=O) groups excluding carboxylic acids is 2. The fraction of sp³-hybridized carbons (Fsp3) is 0.286. The van der Waals surface area contributed by atoms with E-state index in [4.69, 9.17) is 14.2 Å². The molecule has 27 heavy (non-hydrogen) atoms. The third-order valence-electron chi connectivity index (χ3n) is 4.43. The van der Waals surface area contributed by atoms with Gasteiger partial charge >= 0.3 is 11.9 Å². The molecule has 1 aliphatic heterocycles. The summed E-state index contributed by atoms with van der Waals surface area (Å²) < 4.78 is 16.0. The lowest BCUT2D eigenvalue weighted by molar-refractivity contribution is -0.157. The van der Waals surface area contributed by atoms with Gasteiger partial charge < -0.3 is 14.2 Å². The van der Waals surface area contributed by atoms with Gasteiger partial charge in [0.25, 0.3) is 5.54 Å². The molecule has 140 valence electrons. The number of nitrogens with zero attached hydrogens (tertiary/aromatic N) is 1. The third-order valence-corrected chi connectivity index (χ3v) is 4.43. The quantitative estimate of drug-likeness (QED) is 0.470. The van der Waals surface area contributed by atoms with Gasteiger partial charge in [-0.25, -0.2) is 14.6 Å². The van der Waals surface area contributed by atoms with Crippen molar-refractivity contribution < 1.29 is 23.8 Å². The Labute approximate surface area is 157 Å². The van der Waals surface area contributed by atoms with Crippen molar-refractivity contribution in [2.45, 2.75) is 26.3 Å². The molecule has 0 aromatic heterocycles. The smallest absolute Gasteiger partial charge is 0.353 e. The average Bonchev–Trinajstić information content (AvgIpc) is 3.01. The van der Waals surface area contributed by atoms with E-state index in [0.717, 1.165) is 0 Å². The van der Waals surface area contributed by atoms with Gasteiger partial charge in [0.1, 0.15) is 11.5 Å². The van der Waals surface area contributed by atoms with Gasteiger partial charge in [-0.1, -0.05) is 39.0 Å². The van der Waals surface area contributed by atoms with E-state index >= 15 is 0 Å². The summed E-state index contributed by atoms with van der Waals surface area (Å²) in [4.78, 5) is 30.3. The maximum absolute atomic E-state index is 13.0. The van der Waals surface area contributed by atoms with Crippen molar-refractivity contribution in [2.24, 2.45) is 10.4 Å². The van der Waals surface area contributed by atoms with Crippen molar-refractivity contribution in [1.29, 1.82) is 0 Å². The molecule has 0 radical (unpaired) electrons. The van der Waals surface area contributed by atoms with E-state index < -0.39 is 22.9 Å². The normalized spacial score (nSPS) is 19.3. The number of ether oxygens (including phenoxy) is 3. The zero-order valence-electron chi connectivity index (χ0n) is 15.7. The minimum Gasteiger partial charge on any atom is -0.497 e. The van der Waals surface area contributed by atoms with E-state index in [0.29, 0.717) is 17.1 Å². The molecule has 6 nitrogen and oxygen atoms in total. The maximum atomic E-state index is 13.0. The summed E-state index contributed by atoms with van der Waals surface area (Å²) in [5, 5.41) is 0. The lowest BCUT2D eigenvalue weighted by Crippen LogP contribution is -2.55. The molecule has 1 atom stereocenters. The van der Waals surface area contributed by atoms with E-state index in [1.54, 1.807) is 82.5 Å². The van der Waals surface area contributed by atoms with E-state index in [-0.39, 0.29) is 5.90 Å². The minimum atomic E-state index is -1.79. The number of rotatable bonds is 4. The van der Waals surface area contributed by atoms with Crippen molar-refractivity contribution in [1.82, 2.24) is 0 Å². The number of hydrogen-bond donors (Lipinski definition) is 0. The van der Waals surface area contributed by atoms with Gasteiger partial charge in [-0.15, -0.1) is 0 Å². The second kappa shape index (κ2) is 6.87. The van der Waals surface area contributed by atoms with Gasteiger partial charge in [0.05, 0.1) is 7.11 Å². The number of carbonyl (C=O) groups is 2. The number of esters is 2. The van der Waals surface area contributed by atoms with Crippen LogP contribution in [0.1, 0.15) is 26.3 Å². The van der Waals surface area contributed by atoms with Crippen molar-refractivity contribution >= 4 is 17.8 Å². The lowest BCUT2D eigenvalue weighted by Gasteiger charge is -2.32. The molecule has 0 saturated carbocycles. The van der Waals surface area contributed by atoms with Gasteiger partial charge in [-0.3, -0.25) is 0 Å². The van der Waals surface area contributed by atoms with Crippen LogP contribution in [0.5, 0.6) is 11.5 Å². The number of aliphatic imine (C=N–C) groups is 1. The molecule has 0 unspecified atom stereocenters. The minimum absolute atomic E-state index is 0.0857. The molecule has 0 spiro atoms. The predicted octanol–water partition coefficient (Wildman–Crippen LogP) is 3.39. The van der Waals surface area contributed by atoms with Crippen molar-refractivity contribution in [3.63, 3.8) is 0 Å². The van der Waals surface area contributed by atoms with Crippen LogP contribution in [0.3, 0.4) is 0 Å². The van der Waals surface area contributed by atoms with Crippen molar-refractivity contribution in [2.75, 3.05) is 7.11 Å². The van der Waals surface area contributed by atoms with Crippen LogP contribution in [0.2, 0.25) is 0 Å². The summed E-state index contributed by atoms with van der Waals surface area (Å²) in [6.45, 7) is 5.25. The van der Waals surface area contributed by atoms with Crippen LogP contribution in [-0.4, -0.2) is 30.5 Å². The molecule has 0 fully saturated rings. The van der Waals surface area contributed by atoms with Crippen LogP contribution in [0.15, 0.2) is 59.6 Å². The Morgan fingerprint density at radius 2 is 1.63 bits per heavy atom. The highest BCUT2D eigenvalue weighted by Gasteiger charge is 2.62. The van der Waals surface area contributed by atoms with E-state index in [1.165, 1.54) is 0 Å². The molecule has 0 amide bonds. The summed E-state index contributed by atoms with van der Waals surface area (Å²) >= 11 is 0. The summed E-state index contributed by atoms with van der Waals surface area (Å²) in [5.74, 6) is -0.430. The van der Waals surface area contributed by atoms with Gasteiger partial charge in [0.2, 0.25) is 5.90 Å². The summed E-state index contributed by atoms with van der Waals surface area (Å²) in [7, 11) is 1.56. The molecule has 0 aliphatic carbocycles. The van der Waals surface area contributed by atoms with Gasteiger partial charge in [0, 0.05) is 11.0 Å². The molecule has 1 aliphatic rings. The van der Waals surface area contributed by atoms with Crippen LogP contribution in [0.25, 0.3) is 0 Å². The standard InChI is InChI=1S/C21H21NO5/c1-20(2,3)21(18(23)26-16-8-6-5-7-9-16)19(24)27-17(22-21)14-10-12-15(25-4)13-11-14/h5-13H,1-4H3/t21-/m0/s1. The maximum Gasteiger partial charge on any atom is 0.353 e. The summed E-state index contributed by atoms with van der Waals surface area (Å²) in [5.41, 5.74) is -2.08. The molecule has 2 aromatic carbocycles. The summed E-state index contributed by atoms with van der Waals surface area (Å²) in [6, 6.07) is 15.5. The Kier molecular flexibility index (Phi) is 4.74. The van der Waals surface area contributed by atoms with Crippen LogP contribution >= 0.6 is 0 Å². The first-order chi connectivity index (χ1) is 12.8. The molecule has 0 N–H and O–H groups in total. The second-order valence-corrected chi connectivity index (χ2v) is 7.20. The zero-order chi connectivity index (χ0) is 19.7. The molecular formula is C21H21NO5. The number of methoxy groups -OCH3 is 1. The highest BCUT2D eigenvalue weighted by Crippen LogP contribution is 2.40. The van der Waals surface area contributed by atoms with Crippen molar-refractivity contribution in [3.05, 3.63) is 60.2 Å². The lowest BCUT2D eigenvalue weighted by atomic mass is 9.74. The monoisotopic (exact) mass is 367 g/mol. The fourth-order valence-corrected chi connectivity index (χ4v) is 2.82. The van der Waals surface area contributed by atoms with Gasteiger partial charge in [-0.2, -0.15) is 0 Å². The number of benzene rings is 2. The first-order valence-electron chi connectivity index (χ1n) is 8.52. The molecule has 0 bridgehead atoms. The topological polar surface area (TPSA) is 74.2 Å². The van der Waals surface area contributed by atoms with Gasteiger partial charge in [-0.05, 0) is 36.4 Å². The Hall–Kier alpha value is -3.15. The second-order valence-electron chi connectivity index (χ2n) is 7.20. The largest absolute Gasteiger partial charge is 0.497 e. The SMILES string of the molecule is COc1ccc(C2=N[C@](C(=O)Oc3ccccc3)(C(C)(C)C)C(=O)O2)cc1. The van der Waals surface area contributed by atoms with E-state index in [2.05, 4.69) is 4.99 Å². The first kappa shape index (κ1) is 18.6. The number of cyclic esters (lactones) is 1. The van der Waals surface area contributed by atoms with Crippen LogP contribution < -0.4 is 9.47 Å². The first-order valence-corrected chi connectivity index (χ1v) is 8.52. The average molecular weight is 367 g/mol. The molecule has 0 saturated heterocycles. The zero-order valence-corrected chi connectivity index (χ0v) is 15.7. The van der Waals surface area contributed by atoms with Crippen LogP contribution in [0.4, 0.5) is 0 Å². The van der Waals surface area contributed by atoms with E-state index in [1.807, 2.05) is 0 Å².